The summed E-state index contributed by atoms with van der Waals surface area (Å²) in [6.45, 7) is 0. The number of rotatable bonds is 4. The van der Waals surface area contributed by atoms with E-state index in [-0.39, 0.29) is 11.5 Å². The summed E-state index contributed by atoms with van der Waals surface area (Å²) in [7, 11) is 0. The van der Waals surface area contributed by atoms with Crippen LogP contribution in [-0.2, 0) is 6.42 Å². The lowest BCUT2D eigenvalue weighted by atomic mass is 9.85. The molecule has 0 aliphatic heterocycles. The van der Waals surface area contributed by atoms with Gasteiger partial charge in [0.2, 0.25) is 0 Å². The number of halogens is 3. The van der Waals surface area contributed by atoms with E-state index in [1.807, 2.05) is 0 Å². The minimum atomic E-state index is -0.403. The van der Waals surface area contributed by atoms with Gasteiger partial charge in [0.1, 0.15) is 22.9 Å². The van der Waals surface area contributed by atoms with Crippen LogP contribution in [0.4, 0.5) is 4.39 Å². The van der Waals surface area contributed by atoms with Crippen LogP contribution in [0.1, 0.15) is 53.8 Å². The van der Waals surface area contributed by atoms with E-state index in [1.54, 1.807) is 18.2 Å². The summed E-state index contributed by atoms with van der Waals surface area (Å²) < 4.78 is 20.8. The molecule has 2 aromatic carbocycles. The molecule has 0 unspecified atom stereocenters. The predicted molar refractivity (Wildman–Crippen MR) is 113 cm³/mol. The molecular formula is C22H19Br2FO3. The summed E-state index contributed by atoms with van der Waals surface area (Å²) >= 11 is 6.54. The van der Waals surface area contributed by atoms with Crippen molar-refractivity contribution in [3.05, 3.63) is 62.0 Å². The minimum absolute atomic E-state index is 0.0297. The van der Waals surface area contributed by atoms with E-state index in [0.717, 1.165) is 12.8 Å². The standard InChI is InChI=1S/C22H19Br2FO3/c23-16-9-13(10-17(24)22(16)27)21(26)20-15-11-14(25)6-7-18(15)28-19(20)8-12-4-2-1-3-5-12/h6-7,9-12,27H,1-5,8H2. The normalized spacial score (nSPS) is 15.2. The minimum Gasteiger partial charge on any atom is -0.506 e. The van der Waals surface area contributed by atoms with E-state index in [1.165, 1.54) is 31.4 Å². The van der Waals surface area contributed by atoms with E-state index in [4.69, 9.17) is 4.42 Å². The van der Waals surface area contributed by atoms with Gasteiger partial charge in [0.25, 0.3) is 0 Å². The molecule has 3 aromatic rings. The number of benzene rings is 2. The van der Waals surface area contributed by atoms with Gasteiger partial charge in [-0.1, -0.05) is 32.1 Å². The summed E-state index contributed by atoms with van der Waals surface area (Å²) in [4.78, 5) is 13.4. The van der Waals surface area contributed by atoms with Crippen molar-refractivity contribution in [1.82, 2.24) is 0 Å². The van der Waals surface area contributed by atoms with E-state index in [2.05, 4.69) is 31.9 Å². The third kappa shape index (κ3) is 3.77. The molecule has 3 nitrogen and oxygen atoms in total. The zero-order valence-corrected chi connectivity index (χ0v) is 18.3. The van der Waals surface area contributed by atoms with Crippen molar-refractivity contribution in [2.24, 2.45) is 5.92 Å². The molecule has 1 saturated carbocycles. The van der Waals surface area contributed by atoms with Crippen molar-refractivity contribution in [2.75, 3.05) is 0 Å². The molecular weight excluding hydrogens is 491 g/mol. The van der Waals surface area contributed by atoms with Gasteiger partial charge >= 0.3 is 0 Å². The van der Waals surface area contributed by atoms with Crippen molar-refractivity contribution in [2.45, 2.75) is 38.5 Å². The summed E-state index contributed by atoms with van der Waals surface area (Å²) in [6.07, 6.45) is 6.56. The Morgan fingerprint density at radius 3 is 2.46 bits per heavy atom. The third-order valence-electron chi connectivity index (χ3n) is 5.43. The maximum absolute atomic E-state index is 13.9. The smallest absolute Gasteiger partial charge is 0.197 e. The molecule has 0 amide bonds. The Morgan fingerprint density at radius 1 is 1.11 bits per heavy atom. The van der Waals surface area contributed by atoms with Crippen molar-refractivity contribution in [1.29, 1.82) is 0 Å². The first-order valence-corrected chi connectivity index (χ1v) is 11.0. The number of hydrogen-bond donors (Lipinski definition) is 1. The molecule has 6 heteroatoms. The fourth-order valence-corrected chi connectivity index (χ4v) is 5.19. The lowest BCUT2D eigenvalue weighted by molar-refractivity contribution is 0.103. The zero-order chi connectivity index (χ0) is 19.8. The highest BCUT2D eigenvalue weighted by molar-refractivity contribution is 9.11. The molecule has 1 N–H and O–H groups in total. The molecule has 28 heavy (non-hydrogen) atoms. The Kier molecular flexibility index (Phi) is 5.61. The number of ketones is 1. The predicted octanol–water partition coefficient (Wildman–Crippen LogP) is 7.16. The molecule has 146 valence electrons. The number of carbonyl (C=O) groups is 1. The summed E-state index contributed by atoms with van der Waals surface area (Å²) in [6, 6.07) is 7.43. The highest BCUT2D eigenvalue weighted by Gasteiger charge is 2.26. The maximum atomic E-state index is 13.9. The maximum Gasteiger partial charge on any atom is 0.197 e. The molecule has 0 bridgehead atoms. The number of fused-ring (bicyclic) bond motifs is 1. The Balaban J connectivity index is 1.82. The second-order valence-corrected chi connectivity index (χ2v) is 9.08. The van der Waals surface area contributed by atoms with E-state index >= 15 is 0 Å². The first-order valence-electron chi connectivity index (χ1n) is 9.37. The molecule has 0 atom stereocenters. The Bertz CT molecular complexity index is 1030. The lowest BCUT2D eigenvalue weighted by Crippen LogP contribution is -2.12. The van der Waals surface area contributed by atoms with Crippen LogP contribution in [0.2, 0.25) is 0 Å². The van der Waals surface area contributed by atoms with Crippen LogP contribution in [0.3, 0.4) is 0 Å². The van der Waals surface area contributed by atoms with Gasteiger partial charge in [-0.3, -0.25) is 4.79 Å². The Morgan fingerprint density at radius 2 is 1.79 bits per heavy atom. The summed E-state index contributed by atoms with van der Waals surface area (Å²) in [5.41, 5.74) is 1.34. The van der Waals surface area contributed by atoms with E-state index < -0.39 is 5.82 Å². The topological polar surface area (TPSA) is 50.4 Å². The number of furan rings is 1. The van der Waals surface area contributed by atoms with Crippen molar-refractivity contribution >= 4 is 48.6 Å². The van der Waals surface area contributed by atoms with E-state index in [0.29, 0.717) is 49.1 Å². The number of phenols is 1. The van der Waals surface area contributed by atoms with Crippen LogP contribution in [0.5, 0.6) is 5.75 Å². The van der Waals surface area contributed by atoms with Gasteiger partial charge in [-0.05, 0) is 68.1 Å². The Labute approximate surface area is 179 Å². The molecule has 1 aromatic heterocycles. The van der Waals surface area contributed by atoms with Gasteiger partial charge in [0.15, 0.2) is 5.78 Å². The zero-order valence-electron chi connectivity index (χ0n) is 15.1. The molecule has 0 radical (unpaired) electrons. The van der Waals surface area contributed by atoms with Gasteiger partial charge in [-0.15, -0.1) is 0 Å². The fourth-order valence-electron chi connectivity index (χ4n) is 4.01. The van der Waals surface area contributed by atoms with Crippen molar-refractivity contribution in [3.63, 3.8) is 0 Å². The lowest BCUT2D eigenvalue weighted by Gasteiger charge is -2.20. The van der Waals surface area contributed by atoms with E-state index in [9.17, 15) is 14.3 Å². The first kappa shape index (κ1) is 19.6. The van der Waals surface area contributed by atoms with Crippen LogP contribution < -0.4 is 0 Å². The molecule has 1 heterocycles. The molecule has 0 saturated heterocycles. The largest absolute Gasteiger partial charge is 0.506 e. The first-order chi connectivity index (χ1) is 13.4. The van der Waals surface area contributed by atoms with Crippen LogP contribution in [0.25, 0.3) is 11.0 Å². The SMILES string of the molecule is O=C(c1cc(Br)c(O)c(Br)c1)c1c(CC2CCCCC2)oc2ccc(F)cc12. The second kappa shape index (κ2) is 7.99. The van der Waals surface area contributed by atoms with Crippen LogP contribution in [0, 0.1) is 11.7 Å². The van der Waals surface area contributed by atoms with Gasteiger partial charge in [-0.2, -0.15) is 0 Å². The number of phenolic OH excluding ortho intramolecular Hbond substituents is 1. The van der Waals surface area contributed by atoms with Gasteiger partial charge in [0, 0.05) is 17.4 Å². The fraction of sp³-hybridized carbons (Fsp3) is 0.318. The van der Waals surface area contributed by atoms with Crippen LogP contribution in [-0.4, -0.2) is 10.9 Å². The van der Waals surface area contributed by atoms with Gasteiger partial charge in [-0.25, -0.2) is 4.39 Å². The second-order valence-electron chi connectivity index (χ2n) is 7.37. The van der Waals surface area contributed by atoms with Gasteiger partial charge < -0.3 is 9.52 Å². The highest BCUT2D eigenvalue weighted by Crippen LogP contribution is 2.37. The molecule has 1 aliphatic rings. The third-order valence-corrected chi connectivity index (χ3v) is 6.64. The summed E-state index contributed by atoms with van der Waals surface area (Å²) in [5, 5.41) is 10.4. The molecule has 4 rings (SSSR count). The number of aromatic hydroxyl groups is 1. The van der Waals surface area contributed by atoms with Crippen molar-refractivity contribution in [3.8, 4) is 5.75 Å². The van der Waals surface area contributed by atoms with Crippen LogP contribution in [0.15, 0.2) is 43.7 Å². The molecule has 1 fully saturated rings. The highest BCUT2D eigenvalue weighted by atomic mass is 79.9. The van der Waals surface area contributed by atoms with Gasteiger partial charge in [0.05, 0.1) is 14.5 Å². The number of carbonyl (C=O) groups excluding carboxylic acids is 1. The van der Waals surface area contributed by atoms with Crippen molar-refractivity contribution < 1.29 is 18.7 Å². The average Bonchev–Trinajstić information content (AvgIpc) is 3.02. The molecule has 0 spiro atoms. The average molecular weight is 510 g/mol. The Hall–Kier alpha value is -1.66. The monoisotopic (exact) mass is 508 g/mol. The molecule has 1 aliphatic carbocycles. The van der Waals surface area contributed by atoms with Crippen LogP contribution >= 0.6 is 31.9 Å². The quantitative estimate of drug-likeness (QED) is 0.379. The summed E-state index contributed by atoms with van der Waals surface area (Å²) in [5.74, 6) is 0.486. The number of hydrogen-bond acceptors (Lipinski definition) is 3.